The average molecular weight is 402 g/mol. The number of halogens is 1. The fourth-order valence-corrected chi connectivity index (χ4v) is 3.28. The first-order chi connectivity index (χ1) is 11.2. The minimum atomic E-state index is 0. The number of anilines is 2. The molecule has 0 fully saturated rings. The summed E-state index contributed by atoms with van der Waals surface area (Å²) in [6, 6.07) is 9.96. The molecule has 7 heteroatoms. The molecular weight excluding hydrogens is 386 g/mol. The third-order valence-corrected chi connectivity index (χ3v) is 4.36. The Bertz CT molecular complexity index is 991. The van der Waals surface area contributed by atoms with Crippen LogP contribution in [0.3, 0.4) is 0 Å². The van der Waals surface area contributed by atoms with Crippen LogP contribution < -0.4 is 5.32 Å². The van der Waals surface area contributed by atoms with E-state index in [1.165, 1.54) is 0 Å². The third-order valence-electron chi connectivity index (χ3n) is 3.60. The van der Waals surface area contributed by atoms with Crippen LogP contribution >= 0.6 is 28.3 Å². The molecule has 0 aliphatic rings. The molecule has 0 aromatic carbocycles. The number of hydrogen-bond acceptors (Lipinski definition) is 5. The molecule has 4 aromatic heterocycles. The van der Waals surface area contributed by atoms with E-state index in [2.05, 4.69) is 19.7 Å². The largest absolute Gasteiger partial charge is 0.316 e. The van der Waals surface area contributed by atoms with E-state index >= 15 is 0 Å². The Labute approximate surface area is 154 Å². The van der Waals surface area contributed by atoms with Crippen LogP contribution in [-0.2, 0) is 0 Å². The lowest BCUT2D eigenvalue weighted by Crippen LogP contribution is -1.94. The Morgan fingerprint density at radius 3 is 2.83 bits per heavy atom. The second kappa shape index (κ2) is 6.70. The molecule has 0 saturated heterocycles. The Hall–Kier alpha value is -2.25. The zero-order valence-corrected chi connectivity index (χ0v) is 15.8. The van der Waals surface area contributed by atoms with Crippen molar-refractivity contribution >= 4 is 44.9 Å². The molecule has 0 aliphatic carbocycles. The molecule has 24 heavy (non-hydrogen) atoms. The van der Waals surface area contributed by atoms with Gasteiger partial charge in [0.15, 0.2) is 5.13 Å². The predicted octanol–water partition coefficient (Wildman–Crippen LogP) is 4.79. The summed E-state index contributed by atoms with van der Waals surface area (Å²) in [4.78, 5) is 13.6. The molecule has 1 N–H and O–H groups in total. The van der Waals surface area contributed by atoms with Gasteiger partial charge in [0.1, 0.15) is 17.2 Å². The van der Waals surface area contributed by atoms with E-state index < -0.39 is 0 Å². The summed E-state index contributed by atoms with van der Waals surface area (Å²) in [5, 5.41) is 6.13. The van der Waals surface area contributed by atoms with E-state index in [9.17, 15) is 0 Å². The molecule has 4 heterocycles. The van der Waals surface area contributed by atoms with Crippen molar-refractivity contribution in [3.8, 4) is 11.4 Å². The van der Waals surface area contributed by atoms with Gasteiger partial charge in [0.2, 0.25) is 0 Å². The normalized spacial score (nSPS) is 10.6. The molecule has 4 rings (SSSR count). The van der Waals surface area contributed by atoms with E-state index in [0.717, 1.165) is 39.2 Å². The van der Waals surface area contributed by atoms with Crippen molar-refractivity contribution < 1.29 is 0 Å². The third kappa shape index (κ3) is 3.05. The second-order valence-electron chi connectivity index (χ2n) is 5.36. The maximum atomic E-state index is 4.70. The first-order valence-corrected chi connectivity index (χ1v) is 8.18. The quantitative estimate of drug-likeness (QED) is 0.535. The molecule has 5 nitrogen and oxygen atoms in total. The maximum Gasteiger partial charge on any atom is 0.188 e. The van der Waals surface area contributed by atoms with Crippen LogP contribution in [0, 0.1) is 13.8 Å². The SMILES string of the molecule is Br.Cc1ccnc(Nc2nc(-c3c(C)nc4ccccn34)cs2)c1. The first kappa shape index (κ1) is 16.6. The fourth-order valence-electron chi connectivity index (χ4n) is 2.58. The van der Waals surface area contributed by atoms with Gasteiger partial charge in [0, 0.05) is 17.8 Å². The number of nitrogens with one attached hydrogen (secondary N) is 1. The highest BCUT2D eigenvalue weighted by atomic mass is 79.9. The van der Waals surface area contributed by atoms with Crippen LogP contribution in [0.2, 0.25) is 0 Å². The second-order valence-corrected chi connectivity index (χ2v) is 6.21. The number of hydrogen-bond donors (Lipinski definition) is 1. The van der Waals surface area contributed by atoms with Crippen molar-refractivity contribution in [3.63, 3.8) is 0 Å². The van der Waals surface area contributed by atoms with E-state index in [4.69, 9.17) is 4.98 Å². The number of nitrogens with zero attached hydrogens (tertiary/aromatic N) is 4. The van der Waals surface area contributed by atoms with Gasteiger partial charge in [0.05, 0.1) is 11.4 Å². The van der Waals surface area contributed by atoms with Gasteiger partial charge in [-0.05, 0) is 43.7 Å². The van der Waals surface area contributed by atoms with Gasteiger partial charge < -0.3 is 5.32 Å². The zero-order valence-electron chi connectivity index (χ0n) is 13.2. The fraction of sp³-hybridized carbons (Fsp3) is 0.118. The van der Waals surface area contributed by atoms with Gasteiger partial charge in [-0.25, -0.2) is 15.0 Å². The number of aromatic nitrogens is 4. The minimum absolute atomic E-state index is 0. The summed E-state index contributed by atoms with van der Waals surface area (Å²) in [6.07, 6.45) is 3.81. The summed E-state index contributed by atoms with van der Waals surface area (Å²) in [5.41, 5.74) is 5.02. The van der Waals surface area contributed by atoms with Gasteiger partial charge in [-0.15, -0.1) is 28.3 Å². The highest BCUT2D eigenvalue weighted by molar-refractivity contribution is 8.93. The Kier molecular flexibility index (Phi) is 4.64. The average Bonchev–Trinajstić information content (AvgIpc) is 3.10. The van der Waals surface area contributed by atoms with Crippen LogP contribution in [0.25, 0.3) is 17.0 Å². The van der Waals surface area contributed by atoms with Gasteiger partial charge in [0.25, 0.3) is 0 Å². The van der Waals surface area contributed by atoms with Gasteiger partial charge in [-0.2, -0.15) is 0 Å². The van der Waals surface area contributed by atoms with Crippen LogP contribution in [0.15, 0.2) is 48.1 Å². The molecule has 0 spiro atoms. The number of aryl methyl sites for hydroxylation is 2. The van der Waals surface area contributed by atoms with E-state index in [0.29, 0.717) is 0 Å². The Morgan fingerprint density at radius 2 is 2.00 bits per heavy atom. The van der Waals surface area contributed by atoms with Crippen LogP contribution in [0.5, 0.6) is 0 Å². The molecule has 0 bridgehead atoms. The summed E-state index contributed by atoms with van der Waals surface area (Å²) < 4.78 is 2.07. The molecule has 122 valence electrons. The summed E-state index contributed by atoms with van der Waals surface area (Å²) >= 11 is 1.56. The van der Waals surface area contributed by atoms with Gasteiger partial charge >= 0.3 is 0 Å². The molecule has 0 unspecified atom stereocenters. The number of rotatable bonds is 3. The van der Waals surface area contributed by atoms with Crippen molar-refractivity contribution in [2.24, 2.45) is 0 Å². The van der Waals surface area contributed by atoms with Crippen molar-refractivity contribution in [1.82, 2.24) is 19.4 Å². The molecule has 0 atom stereocenters. The van der Waals surface area contributed by atoms with Crippen LogP contribution in [-0.4, -0.2) is 19.4 Å². The molecule has 4 aromatic rings. The van der Waals surface area contributed by atoms with Gasteiger partial charge in [-0.1, -0.05) is 6.07 Å². The van der Waals surface area contributed by atoms with Gasteiger partial charge in [-0.3, -0.25) is 4.40 Å². The highest BCUT2D eigenvalue weighted by Crippen LogP contribution is 2.29. The number of pyridine rings is 2. The smallest absolute Gasteiger partial charge is 0.188 e. The first-order valence-electron chi connectivity index (χ1n) is 7.30. The lowest BCUT2D eigenvalue weighted by Gasteiger charge is -2.02. The Balaban J connectivity index is 0.00000169. The lowest BCUT2D eigenvalue weighted by atomic mass is 10.3. The number of fused-ring (bicyclic) bond motifs is 1. The van der Waals surface area contributed by atoms with E-state index in [-0.39, 0.29) is 17.0 Å². The Morgan fingerprint density at radius 1 is 1.12 bits per heavy atom. The summed E-state index contributed by atoms with van der Waals surface area (Å²) in [6.45, 7) is 4.05. The monoisotopic (exact) mass is 401 g/mol. The van der Waals surface area contributed by atoms with Crippen molar-refractivity contribution in [3.05, 3.63) is 59.4 Å². The van der Waals surface area contributed by atoms with E-state index in [1.807, 2.05) is 55.8 Å². The minimum Gasteiger partial charge on any atom is -0.316 e. The molecule has 0 amide bonds. The van der Waals surface area contributed by atoms with Crippen LogP contribution in [0.4, 0.5) is 10.9 Å². The number of imidazole rings is 1. The molecule has 0 aliphatic heterocycles. The lowest BCUT2D eigenvalue weighted by molar-refractivity contribution is 1.17. The van der Waals surface area contributed by atoms with Crippen molar-refractivity contribution in [2.45, 2.75) is 13.8 Å². The molecule has 0 radical (unpaired) electrons. The number of thiazole rings is 1. The zero-order chi connectivity index (χ0) is 15.8. The molecular formula is C17H16BrN5S. The van der Waals surface area contributed by atoms with Crippen LogP contribution in [0.1, 0.15) is 11.3 Å². The highest BCUT2D eigenvalue weighted by Gasteiger charge is 2.14. The van der Waals surface area contributed by atoms with Crippen molar-refractivity contribution in [2.75, 3.05) is 5.32 Å². The maximum absolute atomic E-state index is 4.70. The predicted molar refractivity (Wildman–Crippen MR) is 104 cm³/mol. The topological polar surface area (TPSA) is 55.1 Å². The summed E-state index contributed by atoms with van der Waals surface area (Å²) in [7, 11) is 0. The molecule has 0 saturated carbocycles. The van der Waals surface area contributed by atoms with Crippen molar-refractivity contribution in [1.29, 1.82) is 0 Å². The van der Waals surface area contributed by atoms with E-state index in [1.54, 1.807) is 17.5 Å². The summed E-state index contributed by atoms with van der Waals surface area (Å²) in [5.74, 6) is 0.806. The standard InChI is InChI=1S/C17H15N5S.BrH/c1-11-6-7-18-14(9-11)21-17-20-13(10-23-17)16-12(2)19-15-5-3-4-8-22(15)16;/h3-10H,1-2H3,(H,18,20,21);1H.